The Hall–Kier alpha value is -2.88. The SMILES string of the molecule is CCOC(=O)c1cnc2c(CC)cccc2c1Nc1cc(C)ccc1C. The zero-order valence-electron chi connectivity index (χ0n) is 15.7. The van der Waals surface area contributed by atoms with Crippen molar-refractivity contribution in [2.45, 2.75) is 34.1 Å². The van der Waals surface area contributed by atoms with Crippen LogP contribution in [0.3, 0.4) is 0 Å². The molecule has 0 unspecified atom stereocenters. The Morgan fingerprint density at radius 1 is 1.15 bits per heavy atom. The largest absolute Gasteiger partial charge is 0.462 e. The molecule has 0 saturated carbocycles. The molecule has 3 aromatic rings. The second-order valence-electron chi connectivity index (χ2n) is 6.38. The van der Waals surface area contributed by atoms with Crippen molar-refractivity contribution >= 4 is 28.2 Å². The Labute approximate surface area is 154 Å². The van der Waals surface area contributed by atoms with Crippen LogP contribution in [0, 0.1) is 13.8 Å². The molecule has 4 nitrogen and oxygen atoms in total. The topological polar surface area (TPSA) is 51.2 Å². The number of aryl methyl sites for hydroxylation is 3. The third kappa shape index (κ3) is 3.40. The van der Waals surface area contributed by atoms with Gasteiger partial charge in [0.25, 0.3) is 0 Å². The van der Waals surface area contributed by atoms with E-state index in [4.69, 9.17) is 4.74 Å². The third-order valence-corrected chi connectivity index (χ3v) is 4.51. The van der Waals surface area contributed by atoms with Gasteiger partial charge in [-0.25, -0.2) is 4.79 Å². The summed E-state index contributed by atoms with van der Waals surface area (Å²) in [5.74, 6) is -0.364. The molecule has 1 heterocycles. The summed E-state index contributed by atoms with van der Waals surface area (Å²) in [6.45, 7) is 8.34. The Morgan fingerprint density at radius 2 is 1.96 bits per heavy atom. The summed E-state index contributed by atoms with van der Waals surface area (Å²) >= 11 is 0. The van der Waals surface area contributed by atoms with E-state index < -0.39 is 0 Å². The Morgan fingerprint density at radius 3 is 2.69 bits per heavy atom. The van der Waals surface area contributed by atoms with Gasteiger partial charge in [0.15, 0.2) is 0 Å². The van der Waals surface area contributed by atoms with E-state index in [9.17, 15) is 4.79 Å². The van der Waals surface area contributed by atoms with Crippen LogP contribution >= 0.6 is 0 Å². The van der Waals surface area contributed by atoms with Gasteiger partial charge in [0.05, 0.1) is 17.8 Å². The normalized spacial score (nSPS) is 10.8. The van der Waals surface area contributed by atoms with Gasteiger partial charge < -0.3 is 10.1 Å². The first kappa shape index (κ1) is 17.9. The Kier molecular flexibility index (Phi) is 5.21. The highest BCUT2D eigenvalue weighted by Gasteiger charge is 2.18. The fraction of sp³-hybridized carbons (Fsp3) is 0.273. The first-order valence-corrected chi connectivity index (χ1v) is 8.97. The molecule has 0 aliphatic rings. The van der Waals surface area contributed by atoms with Crippen molar-refractivity contribution in [3.05, 3.63) is 64.8 Å². The van der Waals surface area contributed by atoms with Crippen molar-refractivity contribution < 1.29 is 9.53 Å². The number of carbonyl (C=O) groups excluding carboxylic acids is 1. The van der Waals surface area contributed by atoms with Crippen molar-refractivity contribution in [1.82, 2.24) is 4.98 Å². The summed E-state index contributed by atoms with van der Waals surface area (Å²) in [5, 5.41) is 4.40. The van der Waals surface area contributed by atoms with Crippen molar-refractivity contribution in [3.63, 3.8) is 0 Å². The van der Waals surface area contributed by atoms with Gasteiger partial charge >= 0.3 is 5.97 Å². The zero-order valence-corrected chi connectivity index (χ0v) is 15.7. The number of nitrogens with one attached hydrogen (secondary N) is 1. The van der Waals surface area contributed by atoms with Crippen molar-refractivity contribution in [2.75, 3.05) is 11.9 Å². The van der Waals surface area contributed by atoms with Crippen LogP contribution < -0.4 is 5.32 Å². The lowest BCUT2D eigenvalue weighted by Gasteiger charge is -2.17. The maximum Gasteiger partial charge on any atom is 0.341 e. The highest BCUT2D eigenvalue weighted by molar-refractivity contribution is 6.06. The Bertz CT molecular complexity index is 964. The lowest BCUT2D eigenvalue weighted by Crippen LogP contribution is -2.10. The van der Waals surface area contributed by atoms with E-state index in [2.05, 4.69) is 48.4 Å². The number of para-hydroxylation sites is 1. The molecule has 0 saturated heterocycles. The maximum absolute atomic E-state index is 12.5. The summed E-state index contributed by atoms with van der Waals surface area (Å²) in [7, 11) is 0. The van der Waals surface area contributed by atoms with Crippen LogP contribution in [0.2, 0.25) is 0 Å². The van der Waals surface area contributed by atoms with Crippen LogP contribution in [-0.4, -0.2) is 17.6 Å². The van der Waals surface area contributed by atoms with E-state index in [1.165, 1.54) is 0 Å². The number of carbonyl (C=O) groups is 1. The minimum Gasteiger partial charge on any atom is -0.462 e. The molecule has 0 radical (unpaired) electrons. The second-order valence-corrected chi connectivity index (χ2v) is 6.38. The van der Waals surface area contributed by atoms with E-state index in [1.807, 2.05) is 19.1 Å². The quantitative estimate of drug-likeness (QED) is 0.633. The van der Waals surface area contributed by atoms with Gasteiger partial charge in [-0.05, 0) is 49.9 Å². The molecule has 26 heavy (non-hydrogen) atoms. The van der Waals surface area contributed by atoms with Crippen molar-refractivity contribution in [3.8, 4) is 0 Å². The maximum atomic E-state index is 12.5. The molecular weight excluding hydrogens is 324 g/mol. The zero-order chi connectivity index (χ0) is 18.7. The van der Waals surface area contributed by atoms with Crippen LogP contribution in [0.15, 0.2) is 42.6 Å². The molecule has 2 aromatic carbocycles. The number of hydrogen-bond donors (Lipinski definition) is 1. The third-order valence-electron chi connectivity index (χ3n) is 4.51. The molecule has 0 atom stereocenters. The monoisotopic (exact) mass is 348 g/mol. The Balaban J connectivity index is 2.23. The van der Waals surface area contributed by atoms with E-state index in [1.54, 1.807) is 13.1 Å². The van der Waals surface area contributed by atoms with Crippen molar-refractivity contribution in [2.24, 2.45) is 0 Å². The number of nitrogens with zero attached hydrogens (tertiary/aromatic N) is 1. The average molecular weight is 348 g/mol. The molecular formula is C22H24N2O2. The number of ether oxygens (including phenoxy) is 1. The molecule has 0 aliphatic heterocycles. The number of hydrogen-bond acceptors (Lipinski definition) is 4. The molecule has 0 fully saturated rings. The standard InChI is InChI=1S/C22H24N2O2/c1-5-16-8-7-9-17-20(16)23-13-18(22(25)26-6-2)21(17)24-19-12-14(3)10-11-15(19)4/h7-13H,5-6H2,1-4H3,(H,23,24). The van der Waals surface area contributed by atoms with E-state index in [-0.39, 0.29) is 5.97 Å². The molecule has 0 bridgehead atoms. The molecule has 1 aromatic heterocycles. The van der Waals surface area contributed by atoms with Gasteiger partial charge in [-0.2, -0.15) is 0 Å². The van der Waals surface area contributed by atoms with Gasteiger partial charge in [0, 0.05) is 17.3 Å². The number of esters is 1. The van der Waals surface area contributed by atoms with E-state index >= 15 is 0 Å². The van der Waals surface area contributed by atoms with Gasteiger partial charge in [-0.15, -0.1) is 0 Å². The molecule has 0 aliphatic carbocycles. The predicted molar refractivity (Wildman–Crippen MR) is 106 cm³/mol. The molecule has 0 spiro atoms. The van der Waals surface area contributed by atoms with Gasteiger partial charge in [-0.1, -0.05) is 37.3 Å². The predicted octanol–water partition coefficient (Wildman–Crippen LogP) is 5.33. The number of anilines is 2. The lowest BCUT2D eigenvalue weighted by atomic mass is 10.0. The molecule has 4 heteroatoms. The van der Waals surface area contributed by atoms with Crippen LogP contribution in [0.5, 0.6) is 0 Å². The highest BCUT2D eigenvalue weighted by Crippen LogP contribution is 2.32. The van der Waals surface area contributed by atoms with Crippen molar-refractivity contribution in [1.29, 1.82) is 0 Å². The average Bonchev–Trinajstić information content (AvgIpc) is 2.64. The number of pyridine rings is 1. The lowest BCUT2D eigenvalue weighted by molar-refractivity contribution is 0.0527. The number of rotatable bonds is 5. The van der Waals surface area contributed by atoms with Crippen LogP contribution in [-0.2, 0) is 11.2 Å². The number of benzene rings is 2. The second kappa shape index (κ2) is 7.56. The molecule has 3 rings (SSSR count). The summed E-state index contributed by atoms with van der Waals surface area (Å²) in [5.41, 5.74) is 6.51. The summed E-state index contributed by atoms with van der Waals surface area (Å²) in [6.07, 6.45) is 2.50. The molecule has 1 N–H and O–H groups in total. The smallest absolute Gasteiger partial charge is 0.341 e. The minimum absolute atomic E-state index is 0.328. The minimum atomic E-state index is -0.364. The van der Waals surface area contributed by atoms with Crippen LogP contribution in [0.4, 0.5) is 11.4 Å². The fourth-order valence-corrected chi connectivity index (χ4v) is 3.07. The van der Waals surface area contributed by atoms with Crippen LogP contribution in [0.1, 0.15) is 40.9 Å². The summed E-state index contributed by atoms with van der Waals surface area (Å²) in [6, 6.07) is 12.3. The summed E-state index contributed by atoms with van der Waals surface area (Å²) < 4.78 is 5.25. The molecule has 134 valence electrons. The molecule has 0 amide bonds. The van der Waals surface area contributed by atoms with Gasteiger partial charge in [0.1, 0.15) is 5.56 Å². The van der Waals surface area contributed by atoms with Crippen LogP contribution in [0.25, 0.3) is 10.9 Å². The van der Waals surface area contributed by atoms with E-state index in [0.29, 0.717) is 12.2 Å². The highest BCUT2D eigenvalue weighted by atomic mass is 16.5. The fourth-order valence-electron chi connectivity index (χ4n) is 3.07. The van der Waals surface area contributed by atoms with Gasteiger partial charge in [-0.3, -0.25) is 4.98 Å². The van der Waals surface area contributed by atoms with E-state index in [0.717, 1.165) is 45.4 Å². The van der Waals surface area contributed by atoms with Gasteiger partial charge in [0.2, 0.25) is 0 Å². The number of fused-ring (bicyclic) bond motifs is 1. The first-order chi connectivity index (χ1) is 12.5. The number of aromatic nitrogens is 1. The first-order valence-electron chi connectivity index (χ1n) is 8.97. The summed E-state index contributed by atoms with van der Waals surface area (Å²) in [4.78, 5) is 17.1.